The SMILES string of the molecule is O=C(NC1CCOCC1)c1ccc(Oc2ccc(F)c3c2CCC3Oc2ccc(C3CC3)cc2)cc1. The van der Waals surface area contributed by atoms with Gasteiger partial charge in [-0.3, -0.25) is 4.79 Å². The summed E-state index contributed by atoms with van der Waals surface area (Å²) in [6.45, 7) is 1.36. The highest BCUT2D eigenvalue weighted by Gasteiger charge is 2.31. The minimum atomic E-state index is -0.341. The zero-order valence-electron chi connectivity index (χ0n) is 20.2. The number of halogens is 1. The Morgan fingerprint density at radius 2 is 1.58 bits per heavy atom. The van der Waals surface area contributed by atoms with Gasteiger partial charge >= 0.3 is 0 Å². The Kier molecular flexibility index (Phi) is 6.36. The van der Waals surface area contributed by atoms with Crippen molar-refractivity contribution in [1.82, 2.24) is 5.32 Å². The number of amides is 1. The predicted molar refractivity (Wildman–Crippen MR) is 134 cm³/mol. The summed E-state index contributed by atoms with van der Waals surface area (Å²) in [5, 5.41) is 3.07. The number of carbonyl (C=O) groups excluding carboxylic acids is 1. The third-order valence-corrected chi connectivity index (χ3v) is 7.35. The minimum Gasteiger partial charge on any atom is -0.486 e. The molecule has 186 valence electrons. The van der Waals surface area contributed by atoms with Crippen molar-refractivity contribution in [2.75, 3.05) is 13.2 Å². The van der Waals surface area contributed by atoms with Crippen LogP contribution in [-0.4, -0.2) is 25.2 Å². The van der Waals surface area contributed by atoms with Crippen LogP contribution in [0.1, 0.15) is 71.2 Å². The summed E-state index contributed by atoms with van der Waals surface area (Å²) in [6, 6.07) is 18.5. The zero-order valence-corrected chi connectivity index (χ0v) is 20.2. The molecule has 1 saturated carbocycles. The highest BCUT2D eigenvalue weighted by molar-refractivity contribution is 5.94. The fourth-order valence-electron chi connectivity index (χ4n) is 5.17. The van der Waals surface area contributed by atoms with Crippen LogP contribution in [0.5, 0.6) is 17.2 Å². The van der Waals surface area contributed by atoms with Crippen molar-refractivity contribution in [3.63, 3.8) is 0 Å². The molecule has 1 unspecified atom stereocenters. The second kappa shape index (κ2) is 9.94. The van der Waals surface area contributed by atoms with Crippen molar-refractivity contribution in [2.45, 2.75) is 56.6 Å². The summed E-state index contributed by atoms with van der Waals surface area (Å²) in [5.41, 5.74) is 3.35. The van der Waals surface area contributed by atoms with Gasteiger partial charge in [0.1, 0.15) is 29.2 Å². The predicted octanol–water partition coefficient (Wildman–Crippen LogP) is 6.47. The summed E-state index contributed by atoms with van der Waals surface area (Å²) in [5.74, 6) is 2.32. The van der Waals surface area contributed by atoms with Crippen LogP contribution in [0.2, 0.25) is 0 Å². The van der Waals surface area contributed by atoms with Gasteiger partial charge in [0.05, 0.1) is 0 Å². The van der Waals surface area contributed by atoms with Gasteiger partial charge in [0.15, 0.2) is 0 Å². The summed E-state index contributed by atoms with van der Waals surface area (Å²) in [7, 11) is 0. The second-order valence-corrected chi connectivity index (χ2v) is 9.91. The summed E-state index contributed by atoms with van der Waals surface area (Å²) >= 11 is 0. The van der Waals surface area contributed by atoms with Crippen molar-refractivity contribution < 1.29 is 23.4 Å². The molecule has 0 aromatic heterocycles. The van der Waals surface area contributed by atoms with E-state index in [2.05, 4.69) is 17.4 Å². The molecule has 6 rings (SSSR count). The molecular weight excluding hydrogens is 457 g/mol. The lowest BCUT2D eigenvalue weighted by atomic mass is 10.1. The van der Waals surface area contributed by atoms with Crippen LogP contribution in [0.4, 0.5) is 4.39 Å². The topological polar surface area (TPSA) is 56.8 Å². The summed E-state index contributed by atoms with van der Waals surface area (Å²) in [6.07, 6.45) is 5.22. The van der Waals surface area contributed by atoms with E-state index >= 15 is 0 Å². The molecule has 1 amide bonds. The normalized spacial score (nSPS) is 19.5. The molecule has 3 aromatic rings. The van der Waals surface area contributed by atoms with Gasteiger partial charge in [-0.25, -0.2) is 4.39 Å². The van der Waals surface area contributed by atoms with E-state index in [9.17, 15) is 9.18 Å². The van der Waals surface area contributed by atoms with Crippen LogP contribution in [0.15, 0.2) is 60.7 Å². The van der Waals surface area contributed by atoms with Crippen molar-refractivity contribution in [3.8, 4) is 17.2 Å². The van der Waals surface area contributed by atoms with Gasteiger partial charge in [-0.1, -0.05) is 12.1 Å². The first-order valence-electron chi connectivity index (χ1n) is 12.9. The minimum absolute atomic E-state index is 0.0960. The lowest BCUT2D eigenvalue weighted by Gasteiger charge is -2.23. The van der Waals surface area contributed by atoms with Gasteiger partial charge in [0.2, 0.25) is 0 Å². The molecule has 0 bridgehead atoms. The molecule has 36 heavy (non-hydrogen) atoms. The van der Waals surface area contributed by atoms with E-state index in [0.717, 1.165) is 24.2 Å². The Hall–Kier alpha value is -3.38. The number of ether oxygens (including phenoxy) is 3. The van der Waals surface area contributed by atoms with Crippen LogP contribution >= 0.6 is 0 Å². The number of nitrogens with one attached hydrogen (secondary N) is 1. The Bertz CT molecular complexity index is 1230. The maximum atomic E-state index is 14.9. The first-order chi connectivity index (χ1) is 17.6. The monoisotopic (exact) mass is 487 g/mol. The number of carbonyl (C=O) groups is 1. The summed E-state index contributed by atoms with van der Waals surface area (Å²) < 4.78 is 32.6. The fourth-order valence-corrected chi connectivity index (χ4v) is 5.17. The van der Waals surface area contributed by atoms with E-state index in [0.29, 0.717) is 54.6 Å². The fraction of sp³-hybridized carbons (Fsp3) is 0.367. The number of hydrogen-bond acceptors (Lipinski definition) is 4. The molecular formula is C30H30FNO4. The van der Waals surface area contributed by atoms with Crippen LogP contribution in [-0.2, 0) is 11.2 Å². The first-order valence-corrected chi connectivity index (χ1v) is 12.9. The Labute approximate surface area is 210 Å². The Morgan fingerprint density at radius 1 is 0.861 bits per heavy atom. The summed E-state index contributed by atoms with van der Waals surface area (Å²) in [4.78, 5) is 12.6. The maximum Gasteiger partial charge on any atom is 0.251 e. The molecule has 1 saturated heterocycles. The number of fused-ring (bicyclic) bond motifs is 1. The van der Waals surface area contributed by atoms with Gasteiger partial charge in [-0.15, -0.1) is 0 Å². The number of rotatable bonds is 7. The Balaban J connectivity index is 1.13. The van der Waals surface area contributed by atoms with Gasteiger partial charge < -0.3 is 19.5 Å². The van der Waals surface area contributed by atoms with Crippen LogP contribution in [0.3, 0.4) is 0 Å². The standard InChI is InChI=1S/C30H30FNO4/c31-26-12-14-27(35-23-9-5-21(6-10-23)30(33)32-22-15-17-34-18-16-22)25-11-13-28(29(25)26)36-24-7-3-20(4-8-24)19-1-2-19/h3-10,12,14,19,22,28H,1-2,11,13,15-18H2,(H,32,33). The number of hydrogen-bond donors (Lipinski definition) is 1. The Morgan fingerprint density at radius 3 is 2.31 bits per heavy atom. The third-order valence-electron chi connectivity index (χ3n) is 7.35. The molecule has 1 atom stereocenters. The molecule has 1 aliphatic heterocycles. The molecule has 0 radical (unpaired) electrons. The average molecular weight is 488 g/mol. The highest BCUT2D eigenvalue weighted by Crippen LogP contribution is 2.43. The van der Waals surface area contributed by atoms with Crippen LogP contribution in [0.25, 0.3) is 0 Å². The zero-order chi connectivity index (χ0) is 24.5. The molecule has 6 heteroatoms. The highest BCUT2D eigenvalue weighted by atomic mass is 19.1. The molecule has 1 heterocycles. The van der Waals surface area contributed by atoms with E-state index < -0.39 is 0 Å². The van der Waals surface area contributed by atoms with Crippen LogP contribution < -0.4 is 14.8 Å². The molecule has 2 fully saturated rings. The lowest BCUT2D eigenvalue weighted by molar-refractivity contribution is 0.0696. The maximum absolute atomic E-state index is 14.9. The average Bonchev–Trinajstić information content (AvgIpc) is 3.67. The molecule has 2 aliphatic carbocycles. The van der Waals surface area contributed by atoms with Crippen molar-refractivity contribution in [3.05, 3.63) is 88.7 Å². The smallest absolute Gasteiger partial charge is 0.251 e. The number of benzene rings is 3. The molecule has 0 spiro atoms. The molecule has 5 nitrogen and oxygen atoms in total. The van der Waals surface area contributed by atoms with Crippen molar-refractivity contribution >= 4 is 5.91 Å². The van der Waals surface area contributed by atoms with Crippen molar-refractivity contribution in [1.29, 1.82) is 0 Å². The van der Waals surface area contributed by atoms with Crippen LogP contribution in [0, 0.1) is 5.82 Å². The first kappa shape index (κ1) is 23.0. The molecule has 3 aromatic carbocycles. The van der Waals surface area contributed by atoms with Gasteiger partial charge in [-0.05, 0) is 98.5 Å². The van der Waals surface area contributed by atoms with E-state index in [-0.39, 0.29) is 23.9 Å². The van der Waals surface area contributed by atoms with Crippen molar-refractivity contribution in [2.24, 2.45) is 0 Å². The van der Waals surface area contributed by atoms with Gasteiger partial charge in [0, 0.05) is 35.9 Å². The molecule has 3 aliphatic rings. The van der Waals surface area contributed by atoms with E-state index in [1.807, 2.05) is 12.1 Å². The molecule has 1 N–H and O–H groups in total. The largest absolute Gasteiger partial charge is 0.486 e. The third kappa shape index (κ3) is 4.96. The van der Waals surface area contributed by atoms with Gasteiger partial charge in [0.25, 0.3) is 5.91 Å². The van der Waals surface area contributed by atoms with E-state index in [1.165, 1.54) is 24.5 Å². The van der Waals surface area contributed by atoms with E-state index in [4.69, 9.17) is 14.2 Å². The van der Waals surface area contributed by atoms with Gasteiger partial charge in [-0.2, -0.15) is 0 Å². The van der Waals surface area contributed by atoms with E-state index in [1.54, 1.807) is 30.3 Å². The quantitative estimate of drug-likeness (QED) is 0.415. The second-order valence-electron chi connectivity index (χ2n) is 9.91. The lowest BCUT2D eigenvalue weighted by Crippen LogP contribution is -2.38.